The van der Waals surface area contributed by atoms with Gasteiger partial charge >= 0.3 is 0 Å². The van der Waals surface area contributed by atoms with Crippen LogP contribution in [0.2, 0.25) is 0 Å². The van der Waals surface area contributed by atoms with E-state index in [-0.39, 0.29) is 27.7 Å². The summed E-state index contributed by atoms with van der Waals surface area (Å²) in [6.45, 7) is 41.5. The van der Waals surface area contributed by atoms with Gasteiger partial charge in [0.05, 0.1) is 20.0 Å². The highest BCUT2D eigenvalue weighted by Gasteiger charge is 2.34. The number of hydrogen-bond acceptors (Lipinski definition) is 6. The lowest BCUT2D eigenvalue weighted by atomic mass is 9.94. The summed E-state index contributed by atoms with van der Waals surface area (Å²) >= 11 is 0. The Kier molecular flexibility index (Phi) is 10.9. The van der Waals surface area contributed by atoms with E-state index in [1.54, 1.807) is 0 Å². The van der Waals surface area contributed by atoms with Gasteiger partial charge in [-0.05, 0) is 190 Å². The summed E-state index contributed by atoms with van der Waals surface area (Å²) in [7, 11) is 0. The highest BCUT2D eigenvalue weighted by atomic mass is 15.5. The second-order valence-corrected chi connectivity index (χ2v) is 19.6. The van der Waals surface area contributed by atoms with Crippen molar-refractivity contribution in [1.82, 2.24) is 0 Å². The van der Waals surface area contributed by atoms with E-state index in [4.69, 9.17) is 0 Å². The molecule has 3 aromatic rings. The molecule has 276 valence electrons. The lowest BCUT2D eigenvalue weighted by molar-refractivity contribution is 0.380. The average molecular weight is 683 g/mol. The molecule has 1 saturated heterocycles. The molecular formula is C44H70N6. The Labute approximate surface area is 307 Å². The summed E-state index contributed by atoms with van der Waals surface area (Å²) in [5.74, 6) is 0. The molecule has 1 fully saturated rings. The van der Waals surface area contributed by atoms with E-state index in [0.29, 0.717) is 6.04 Å². The minimum Gasteiger partial charge on any atom is -0.364 e. The van der Waals surface area contributed by atoms with Gasteiger partial charge in [0, 0.05) is 67.9 Å². The van der Waals surface area contributed by atoms with Crippen molar-refractivity contribution in [2.75, 3.05) is 49.4 Å². The fourth-order valence-corrected chi connectivity index (χ4v) is 8.71. The summed E-state index contributed by atoms with van der Waals surface area (Å²) in [4.78, 5) is 15.1. The molecule has 0 saturated carbocycles. The van der Waals surface area contributed by atoms with Crippen molar-refractivity contribution in [2.45, 2.75) is 151 Å². The van der Waals surface area contributed by atoms with Gasteiger partial charge in [0.2, 0.25) is 0 Å². The normalized spacial score (nSPS) is 15.1. The molecule has 1 heterocycles. The molecule has 0 bridgehead atoms. The predicted molar refractivity (Wildman–Crippen MR) is 223 cm³/mol. The zero-order valence-corrected chi connectivity index (χ0v) is 34.8. The molecule has 0 aliphatic carbocycles. The summed E-state index contributed by atoms with van der Waals surface area (Å²) in [5, 5.41) is 0. The second-order valence-electron chi connectivity index (χ2n) is 19.6. The van der Waals surface area contributed by atoms with Crippen LogP contribution in [0, 0.1) is 0 Å². The molecule has 0 atom stereocenters. The van der Waals surface area contributed by atoms with Crippen LogP contribution in [0.5, 0.6) is 0 Å². The van der Waals surface area contributed by atoms with Gasteiger partial charge in [-0.2, -0.15) is 0 Å². The standard InChI is InChI=1S/C44H70N6/c1-33(2)48(40(3,4)5)37-24-18-34(19-25-37)45-30-46(35-20-26-38(27-21-35)49(41(6,7)8)42(9,10)11)32-47(31-45)36-22-28-39(29-23-36)50(43(12,13)14)44(15,16)17/h18-29,33H,30-32H2,1-17H3. The van der Waals surface area contributed by atoms with E-state index in [2.05, 4.69) is 220 Å². The van der Waals surface area contributed by atoms with Gasteiger partial charge in [0.25, 0.3) is 0 Å². The Morgan fingerprint density at radius 3 is 0.820 bits per heavy atom. The Bertz CT molecular complexity index is 1410. The van der Waals surface area contributed by atoms with Gasteiger partial charge in [-0.1, -0.05) is 0 Å². The highest BCUT2D eigenvalue weighted by molar-refractivity contribution is 5.65. The van der Waals surface area contributed by atoms with Crippen molar-refractivity contribution in [1.29, 1.82) is 0 Å². The van der Waals surface area contributed by atoms with Crippen molar-refractivity contribution in [3.63, 3.8) is 0 Å². The van der Waals surface area contributed by atoms with Crippen LogP contribution in [0.25, 0.3) is 0 Å². The quantitative estimate of drug-likeness (QED) is 0.245. The first-order chi connectivity index (χ1) is 22.8. The van der Waals surface area contributed by atoms with Crippen molar-refractivity contribution in [3.8, 4) is 0 Å². The molecule has 0 amide bonds. The van der Waals surface area contributed by atoms with E-state index in [9.17, 15) is 0 Å². The minimum atomic E-state index is 0.00448. The summed E-state index contributed by atoms with van der Waals surface area (Å²) < 4.78 is 0. The zero-order valence-electron chi connectivity index (χ0n) is 34.8. The third kappa shape index (κ3) is 9.03. The van der Waals surface area contributed by atoms with Crippen molar-refractivity contribution < 1.29 is 0 Å². The lowest BCUT2D eigenvalue weighted by Crippen LogP contribution is -2.56. The van der Waals surface area contributed by atoms with E-state index in [1.807, 2.05) is 0 Å². The lowest BCUT2D eigenvalue weighted by Gasteiger charge is -2.48. The molecule has 0 radical (unpaired) electrons. The Morgan fingerprint density at radius 1 is 0.380 bits per heavy atom. The maximum absolute atomic E-state index is 2.53. The van der Waals surface area contributed by atoms with E-state index < -0.39 is 0 Å². The van der Waals surface area contributed by atoms with Gasteiger partial charge < -0.3 is 29.4 Å². The Hall–Kier alpha value is -3.54. The molecule has 4 rings (SSSR count). The smallest absolute Gasteiger partial charge is 0.0937 e. The molecule has 0 aromatic heterocycles. The molecule has 6 nitrogen and oxygen atoms in total. The molecule has 0 spiro atoms. The predicted octanol–water partition coefficient (Wildman–Crippen LogP) is 11.2. The van der Waals surface area contributed by atoms with Gasteiger partial charge in [-0.15, -0.1) is 0 Å². The van der Waals surface area contributed by atoms with Crippen LogP contribution in [0.15, 0.2) is 72.8 Å². The van der Waals surface area contributed by atoms with Crippen LogP contribution < -0.4 is 29.4 Å². The third-order valence-electron chi connectivity index (χ3n) is 9.39. The fourth-order valence-electron chi connectivity index (χ4n) is 8.71. The van der Waals surface area contributed by atoms with Crippen LogP contribution in [-0.4, -0.2) is 53.7 Å². The number of nitrogens with zero attached hydrogens (tertiary/aromatic N) is 6. The van der Waals surface area contributed by atoms with Gasteiger partial charge in [0.15, 0.2) is 0 Å². The SMILES string of the molecule is CC(C)N(c1ccc(N2CN(c3ccc(N(C(C)(C)C)C(C)(C)C)cc3)CN(c3ccc(N(C(C)(C)C)C(C)(C)C)cc3)C2)cc1)C(C)(C)C. The summed E-state index contributed by atoms with van der Waals surface area (Å²) in [6.07, 6.45) is 0. The summed E-state index contributed by atoms with van der Waals surface area (Å²) in [6, 6.07) is 28.1. The van der Waals surface area contributed by atoms with Crippen molar-refractivity contribution in [2.24, 2.45) is 0 Å². The van der Waals surface area contributed by atoms with Crippen LogP contribution in [0.1, 0.15) is 118 Å². The molecule has 1 aliphatic rings. The van der Waals surface area contributed by atoms with Crippen LogP contribution in [-0.2, 0) is 0 Å². The fraction of sp³-hybridized carbons (Fsp3) is 0.591. The molecule has 6 heteroatoms. The number of rotatable bonds is 7. The van der Waals surface area contributed by atoms with Crippen LogP contribution in [0.3, 0.4) is 0 Å². The average Bonchev–Trinajstić information content (AvgIpc) is 2.94. The van der Waals surface area contributed by atoms with Crippen molar-refractivity contribution >= 4 is 34.1 Å². The van der Waals surface area contributed by atoms with Gasteiger partial charge in [0.1, 0.15) is 0 Å². The molecule has 1 aliphatic heterocycles. The second kappa shape index (κ2) is 13.9. The Balaban J connectivity index is 1.72. The van der Waals surface area contributed by atoms with E-state index in [1.165, 1.54) is 34.1 Å². The van der Waals surface area contributed by atoms with Crippen LogP contribution >= 0.6 is 0 Å². The third-order valence-corrected chi connectivity index (χ3v) is 9.39. The molecule has 0 N–H and O–H groups in total. The Morgan fingerprint density at radius 2 is 0.620 bits per heavy atom. The summed E-state index contributed by atoms with van der Waals surface area (Å²) in [5.41, 5.74) is 7.50. The number of benzene rings is 3. The highest BCUT2D eigenvalue weighted by Crippen LogP contribution is 2.37. The maximum atomic E-state index is 2.53. The van der Waals surface area contributed by atoms with Crippen LogP contribution in [0.4, 0.5) is 34.1 Å². The zero-order chi connectivity index (χ0) is 37.6. The minimum absolute atomic E-state index is 0.00448. The molecule has 3 aromatic carbocycles. The monoisotopic (exact) mass is 683 g/mol. The molecular weight excluding hydrogens is 613 g/mol. The largest absolute Gasteiger partial charge is 0.364 e. The van der Waals surface area contributed by atoms with Gasteiger partial charge in [-0.25, -0.2) is 0 Å². The molecule has 0 unspecified atom stereocenters. The first-order valence-corrected chi connectivity index (χ1v) is 18.7. The first kappa shape index (κ1) is 39.2. The first-order valence-electron chi connectivity index (χ1n) is 18.7. The van der Waals surface area contributed by atoms with E-state index >= 15 is 0 Å². The van der Waals surface area contributed by atoms with Gasteiger partial charge in [-0.3, -0.25) is 0 Å². The maximum Gasteiger partial charge on any atom is 0.0937 e. The number of anilines is 6. The molecule has 50 heavy (non-hydrogen) atoms. The number of hydrogen-bond donors (Lipinski definition) is 0. The van der Waals surface area contributed by atoms with E-state index in [0.717, 1.165) is 20.0 Å². The topological polar surface area (TPSA) is 19.4 Å². The van der Waals surface area contributed by atoms with Crippen molar-refractivity contribution in [3.05, 3.63) is 72.8 Å².